The van der Waals surface area contributed by atoms with Gasteiger partial charge in [-0.1, -0.05) is 13.8 Å². The van der Waals surface area contributed by atoms with Gasteiger partial charge in [0.1, 0.15) is 0 Å². The molecule has 4 nitrogen and oxygen atoms in total. The average Bonchev–Trinajstić information content (AvgIpc) is 2.02. The molecule has 0 spiro atoms. The van der Waals surface area contributed by atoms with Crippen molar-refractivity contribution in [1.29, 1.82) is 0 Å². The van der Waals surface area contributed by atoms with Crippen LogP contribution < -0.4 is 10.6 Å². The molecule has 5 heteroatoms. The molecule has 0 saturated carbocycles. The lowest BCUT2D eigenvalue weighted by atomic mass is 10.3. The van der Waals surface area contributed by atoms with Crippen molar-refractivity contribution < 1.29 is 9.00 Å². The molecule has 0 fully saturated rings. The Kier molecular flexibility index (Phi) is 7.70. The van der Waals surface area contributed by atoms with E-state index in [0.29, 0.717) is 31.3 Å². The summed E-state index contributed by atoms with van der Waals surface area (Å²) in [5, 5.41) is 5.87. The fourth-order valence-electron chi connectivity index (χ4n) is 0.897. The van der Waals surface area contributed by atoms with E-state index in [2.05, 4.69) is 10.6 Å². The zero-order valence-electron chi connectivity index (χ0n) is 9.13. The molecule has 1 amide bonds. The van der Waals surface area contributed by atoms with Crippen molar-refractivity contribution in [2.75, 3.05) is 25.1 Å². The van der Waals surface area contributed by atoms with E-state index in [0.717, 1.165) is 0 Å². The van der Waals surface area contributed by atoms with Gasteiger partial charge in [0.15, 0.2) is 0 Å². The minimum Gasteiger partial charge on any atom is -0.355 e. The van der Waals surface area contributed by atoms with Crippen LogP contribution in [0.4, 0.5) is 0 Å². The molecule has 0 radical (unpaired) electrons. The molecule has 1 unspecified atom stereocenters. The van der Waals surface area contributed by atoms with Crippen LogP contribution in [-0.4, -0.2) is 41.3 Å². The maximum Gasteiger partial charge on any atom is 0.221 e. The summed E-state index contributed by atoms with van der Waals surface area (Å²) in [5.74, 6) is 0.548. The van der Waals surface area contributed by atoms with Crippen molar-refractivity contribution in [2.24, 2.45) is 0 Å². The highest BCUT2D eigenvalue weighted by Gasteiger charge is 2.01. The van der Waals surface area contributed by atoms with Gasteiger partial charge < -0.3 is 10.6 Å². The number of carbonyl (C=O) groups excluding carboxylic acids is 1. The Morgan fingerprint density at radius 1 is 1.36 bits per heavy atom. The van der Waals surface area contributed by atoms with Crippen molar-refractivity contribution in [3.05, 3.63) is 0 Å². The van der Waals surface area contributed by atoms with Crippen LogP contribution in [0.15, 0.2) is 0 Å². The van der Waals surface area contributed by atoms with Crippen LogP contribution in [0, 0.1) is 0 Å². The van der Waals surface area contributed by atoms with Gasteiger partial charge in [0.25, 0.3) is 0 Å². The number of nitrogens with one attached hydrogen (secondary N) is 2. The van der Waals surface area contributed by atoms with Crippen LogP contribution in [0.3, 0.4) is 0 Å². The average molecular weight is 220 g/mol. The third kappa shape index (κ3) is 9.67. The lowest BCUT2D eigenvalue weighted by Crippen LogP contribution is -2.32. The summed E-state index contributed by atoms with van der Waals surface area (Å²) in [6.07, 6.45) is 2.11. The molecule has 0 rings (SSSR count). The first-order chi connectivity index (χ1) is 6.52. The lowest BCUT2D eigenvalue weighted by molar-refractivity contribution is -0.120. The summed E-state index contributed by atoms with van der Waals surface area (Å²) in [7, 11) is -0.825. The zero-order chi connectivity index (χ0) is 11.0. The van der Waals surface area contributed by atoms with E-state index in [1.165, 1.54) is 0 Å². The Morgan fingerprint density at radius 3 is 2.50 bits per heavy atom. The zero-order valence-corrected chi connectivity index (χ0v) is 9.95. The van der Waals surface area contributed by atoms with E-state index >= 15 is 0 Å². The van der Waals surface area contributed by atoms with E-state index in [4.69, 9.17) is 0 Å². The summed E-state index contributed by atoms with van der Waals surface area (Å²) in [6.45, 7) is 5.28. The number of hydrogen-bond donors (Lipinski definition) is 2. The minimum atomic E-state index is -0.825. The topological polar surface area (TPSA) is 58.2 Å². The molecule has 0 aliphatic rings. The monoisotopic (exact) mass is 220 g/mol. The summed E-state index contributed by atoms with van der Waals surface area (Å²) < 4.78 is 10.7. The van der Waals surface area contributed by atoms with Gasteiger partial charge in [-0.2, -0.15) is 0 Å². The molecule has 84 valence electrons. The Balaban J connectivity index is 3.33. The SMILES string of the molecule is CC(C)NCCC(=O)NCCS(C)=O. The Labute approximate surface area is 88.3 Å². The molecule has 0 aliphatic heterocycles. The summed E-state index contributed by atoms with van der Waals surface area (Å²) in [6, 6.07) is 0.408. The molecule has 0 aromatic carbocycles. The van der Waals surface area contributed by atoms with Gasteiger partial charge in [-0.3, -0.25) is 9.00 Å². The van der Waals surface area contributed by atoms with Crippen molar-refractivity contribution in [2.45, 2.75) is 26.3 Å². The van der Waals surface area contributed by atoms with E-state index in [9.17, 15) is 9.00 Å². The normalized spacial score (nSPS) is 12.9. The first-order valence-electron chi connectivity index (χ1n) is 4.82. The van der Waals surface area contributed by atoms with Gasteiger partial charge in [-0.15, -0.1) is 0 Å². The van der Waals surface area contributed by atoms with Crippen LogP contribution in [0.25, 0.3) is 0 Å². The molecular weight excluding hydrogens is 200 g/mol. The first kappa shape index (κ1) is 13.6. The Bertz CT molecular complexity index is 195. The molecule has 14 heavy (non-hydrogen) atoms. The van der Waals surface area contributed by atoms with Crippen molar-refractivity contribution in [3.63, 3.8) is 0 Å². The van der Waals surface area contributed by atoms with Crippen molar-refractivity contribution in [3.8, 4) is 0 Å². The summed E-state index contributed by atoms with van der Waals surface area (Å²) in [5.41, 5.74) is 0. The van der Waals surface area contributed by atoms with Crippen LogP contribution in [0.5, 0.6) is 0 Å². The molecule has 1 atom stereocenters. The molecular formula is C9H20N2O2S. The van der Waals surface area contributed by atoms with E-state index in [1.807, 2.05) is 13.8 Å². The van der Waals surface area contributed by atoms with Crippen LogP contribution in [0.2, 0.25) is 0 Å². The third-order valence-electron chi connectivity index (χ3n) is 1.62. The fraction of sp³-hybridized carbons (Fsp3) is 0.889. The summed E-state index contributed by atoms with van der Waals surface area (Å²) in [4.78, 5) is 11.2. The Morgan fingerprint density at radius 2 is 2.00 bits per heavy atom. The highest BCUT2D eigenvalue weighted by Crippen LogP contribution is 1.81. The van der Waals surface area contributed by atoms with Gasteiger partial charge in [0.05, 0.1) is 0 Å². The molecule has 2 N–H and O–H groups in total. The Hall–Kier alpha value is -0.420. The van der Waals surface area contributed by atoms with Crippen LogP contribution in [0.1, 0.15) is 20.3 Å². The largest absolute Gasteiger partial charge is 0.355 e. The maximum atomic E-state index is 11.2. The molecule has 0 aliphatic carbocycles. The van der Waals surface area contributed by atoms with Crippen molar-refractivity contribution in [1.82, 2.24) is 10.6 Å². The first-order valence-corrected chi connectivity index (χ1v) is 6.55. The second-order valence-electron chi connectivity index (χ2n) is 3.49. The molecule has 0 bridgehead atoms. The predicted molar refractivity (Wildman–Crippen MR) is 59.7 cm³/mol. The standard InChI is InChI=1S/C9H20N2O2S/c1-8(2)10-5-4-9(12)11-6-7-14(3)13/h8,10H,4-7H2,1-3H3,(H,11,12). The highest BCUT2D eigenvalue weighted by atomic mass is 32.2. The summed E-state index contributed by atoms with van der Waals surface area (Å²) >= 11 is 0. The fourth-order valence-corrected chi connectivity index (χ4v) is 1.29. The van der Waals surface area contributed by atoms with Crippen molar-refractivity contribution >= 4 is 16.7 Å². The minimum absolute atomic E-state index is 0.0172. The lowest BCUT2D eigenvalue weighted by Gasteiger charge is -2.07. The van der Waals surface area contributed by atoms with Crippen LogP contribution in [-0.2, 0) is 15.6 Å². The predicted octanol–water partition coefficient (Wildman–Crippen LogP) is -0.131. The van der Waals surface area contributed by atoms with E-state index < -0.39 is 10.8 Å². The highest BCUT2D eigenvalue weighted by molar-refractivity contribution is 7.84. The van der Waals surface area contributed by atoms with Crippen LogP contribution >= 0.6 is 0 Å². The molecule has 0 aromatic heterocycles. The number of carbonyl (C=O) groups is 1. The van der Waals surface area contributed by atoms with Gasteiger partial charge >= 0.3 is 0 Å². The molecule has 0 saturated heterocycles. The van der Waals surface area contributed by atoms with Gasteiger partial charge in [0, 0.05) is 48.4 Å². The van der Waals surface area contributed by atoms with E-state index in [1.54, 1.807) is 6.26 Å². The maximum absolute atomic E-state index is 11.2. The number of rotatable bonds is 7. The second-order valence-corrected chi connectivity index (χ2v) is 5.04. The number of amides is 1. The van der Waals surface area contributed by atoms with E-state index in [-0.39, 0.29) is 5.91 Å². The molecule has 0 heterocycles. The molecule has 0 aromatic rings. The quantitative estimate of drug-likeness (QED) is 0.628. The van der Waals surface area contributed by atoms with Gasteiger partial charge in [-0.25, -0.2) is 0 Å². The second kappa shape index (κ2) is 7.94. The number of hydrogen-bond acceptors (Lipinski definition) is 3. The third-order valence-corrected chi connectivity index (χ3v) is 2.40. The smallest absolute Gasteiger partial charge is 0.221 e. The van der Waals surface area contributed by atoms with Gasteiger partial charge in [0.2, 0.25) is 5.91 Å². The van der Waals surface area contributed by atoms with Gasteiger partial charge in [-0.05, 0) is 0 Å².